The maximum atomic E-state index is 13.1. The third-order valence-electron chi connectivity index (χ3n) is 5.82. The van der Waals surface area contributed by atoms with Crippen molar-refractivity contribution >= 4 is 20.8 Å². The molecule has 2 aliphatic rings. The molecular formula is C22H23N3O2S. The van der Waals surface area contributed by atoms with Gasteiger partial charge in [0.2, 0.25) is 10.0 Å². The third-order valence-corrected chi connectivity index (χ3v) is 7.28. The average Bonchev–Trinajstić information content (AvgIpc) is 3.04. The molecule has 0 radical (unpaired) electrons. The molecule has 144 valence electrons. The molecule has 1 aliphatic heterocycles. The second-order valence-corrected chi connectivity index (χ2v) is 9.15. The molecule has 0 amide bonds. The summed E-state index contributed by atoms with van der Waals surface area (Å²) in [5.74, 6) is 0. The molecule has 5 nitrogen and oxygen atoms in total. The van der Waals surface area contributed by atoms with E-state index in [0.29, 0.717) is 4.90 Å². The summed E-state index contributed by atoms with van der Waals surface area (Å²) in [6.45, 7) is 3.64. The Bertz CT molecular complexity index is 1100. The van der Waals surface area contributed by atoms with Crippen LogP contribution in [0.1, 0.15) is 23.2 Å². The summed E-state index contributed by atoms with van der Waals surface area (Å²) in [5, 5.41) is 5.75. The van der Waals surface area contributed by atoms with Crippen molar-refractivity contribution in [3.05, 3.63) is 77.9 Å². The van der Waals surface area contributed by atoms with E-state index in [1.54, 1.807) is 24.3 Å². The van der Waals surface area contributed by atoms with E-state index in [2.05, 4.69) is 45.3 Å². The summed E-state index contributed by atoms with van der Waals surface area (Å²) in [4.78, 5) is 2.71. The van der Waals surface area contributed by atoms with Gasteiger partial charge in [0.05, 0.1) is 17.0 Å². The number of nitrogens with one attached hydrogen (secondary N) is 2. The second-order valence-electron chi connectivity index (χ2n) is 7.44. The van der Waals surface area contributed by atoms with E-state index in [9.17, 15) is 8.42 Å². The van der Waals surface area contributed by atoms with Crippen LogP contribution < -0.4 is 10.0 Å². The van der Waals surface area contributed by atoms with E-state index in [0.717, 1.165) is 37.1 Å². The highest BCUT2D eigenvalue weighted by molar-refractivity contribution is 7.89. The molecule has 0 spiro atoms. The predicted molar refractivity (Wildman–Crippen MR) is 111 cm³/mol. The van der Waals surface area contributed by atoms with Crippen LogP contribution in [-0.2, 0) is 10.0 Å². The Morgan fingerprint density at radius 1 is 0.857 bits per heavy atom. The Morgan fingerprint density at radius 3 is 2.25 bits per heavy atom. The zero-order chi connectivity index (χ0) is 19.1. The Labute approximate surface area is 165 Å². The van der Waals surface area contributed by atoms with Gasteiger partial charge in [0.25, 0.3) is 0 Å². The molecule has 0 bridgehead atoms. The molecule has 3 aromatic carbocycles. The monoisotopic (exact) mass is 393 g/mol. The van der Waals surface area contributed by atoms with Gasteiger partial charge in [-0.3, -0.25) is 4.90 Å². The molecule has 6 heteroatoms. The highest BCUT2D eigenvalue weighted by atomic mass is 32.2. The maximum absolute atomic E-state index is 13.1. The molecule has 0 unspecified atom stereocenters. The van der Waals surface area contributed by atoms with E-state index in [1.807, 2.05) is 12.1 Å². The molecule has 2 atom stereocenters. The maximum Gasteiger partial charge on any atom is 0.241 e. The van der Waals surface area contributed by atoms with Crippen molar-refractivity contribution in [3.63, 3.8) is 0 Å². The van der Waals surface area contributed by atoms with Crippen LogP contribution in [-0.4, -0.2) is 39.5 Å². The highest BCUT2D eigenvalue weighted by Crippen LogP contribution is 2.47. The fourth-order valence-corrected chi connectivity index (χ4v) is 5.83. The molecule has 2 N–H and O–H groups in total. The van der Waals surface area contributed by atoms with Crippen LogP contribution >= 0.6 is 0 Å². The predicted octanol–water partition coefficient (Wildman–Crippen LogP) is 2.82. The Hall–Kier alpha value is -2.25. The van der Waals surface area contributed by atoms with Gasteiger partial charge in [0.1, 0.15) is 0 Å². The summed E-state index contributed by atoms with van der Waals surface area (Å²) >= 11 is 0. The molecule has 1 aliphatic carbocycles. The number of piperazine rings is 1. The smallest absolute Gasteiger partial charge is 0.241 e. The molecule has 0 saturated carbocycles. The van der Waals surface area contributed by atoms with E-state index in [1.165, 1.54) is 10.9 Å². The van der Waals surface area contributed by atoms with E-state index < -0.39 is 10.0 Å². The first-order chi connectivity index (χ1) is 13.6. The quantitative estimate of drug-likeness (QED) is 0.716. The number of hydrogen-bond acceptors (Lipinski definition) is 4. The minimum Gasteiger partial charge on any atom is -0.314 e. The number of rotatable bonds is 4. The standard InChI is InChI=1S/C22H23N3O2S/c26-28(27,17-8-2-1-3-9-17)24-21-18-10-4-6-16-7-5-11-19(20(16)18)22(21)25-14-12-23-13-15-25/h1-11,21-24H,12-15H2/t21-,22-/m0/s1. The Morgan fingerprint density at radius 2 is 1.54 bits per heavy atom. The van der Waals surface area contributed by atoms with Gasteiger partial charge in [0, 0.05) is 26.2 Å². The van der Waals surface area contributed by atoms with Gasteiger partial charge >= 0.3 is 0 Å². The van der Waals surface area contributed by atoms with Crippen molar-refractivity contribution in [1.82, 2.24) is 14.9 Å². The van der Waals surface area contributed by atoms with E-state index in [4.69, 9.17) is 0 Å². The largest absolute Gasteiger partial charge is 0.314 e. The van der Waals surface area contributed by atoms with Gasteiger partial charge in [0.15, 0.2) is 0 Å². The van der Waals surface area contributed by atoms with E-state index in [-0.39, 0.29) is 12.1 Å². The van der Waals surface area contributed by atoms with Crippen LogP contribution in [0.25, 0.3) is 10.8 Å². The van der Waals surface area contributed by atoms with Crippen molar-refractivity contribution in [1.29, 1.82) is 0 Å². The summed E-state index contributed by atoms with van der Waals surface area (Å²) in [5.41, 5.74) is 2.28. The van der Waals surface area contributed by atoms with Gasteiger partial charge in [-0.25, -0.2) is 13.1 Å². The van der Waals surface area contributed by atoms with Crippen LogP contribution in [0.3, 0.4) is 0 Å². The third kappa shape index (κ3) is 2.93. The number of benzene rings is 3. The lowest BCUT2D eigenvalue weighted by Crippen LogP contribution is -2.48. The number of nitrogens with zero attached hydrogens (tertiary/aromatic N) is 1. The molecule has 5 rings (SSSR count). The molecule has 0 aromatic heterocycles. The van der Waals surface area contributed by atoms with Crippen molar-refractivity contribution in [2.24, 2.45) is 0 Å². The van der Waals surface area contributed by atoms with Crippen LogP contribution in [0.5, 0.6) is 0 Å². The van der Waals surface area contributed by atoms with Crippen LogP contribution in [0.2, 0.25) is 0 Å². The minimum atomic E-state index is -3.62. The lowest BCUT2D eigenvalue weighted by Gasteiger charge is -2.37. The van der Waals surface area contributed by atoms with E-state index >= 15 is 0 Å². The molecular weight excluding hydrogens is 370 g/mol. The summed E-state index contributed by atoms with van der Waals surface area (Å²) in [6.07, 6.45) is 0. The second kappa shape index (κ2) is 6.97. The van der Waals surface area contributed by atoms with Crippen molar-refractivity contribution < 1.29 is 8.42 Å². The molecule has 1 fully saturated rings. The Balaban J connectivity index is 1.61. The SMILES string of the molecule is O=S(=O)(N[C@H]1c2cccc3cccc(c23)[C@@H]1N1CCNCC1)c1ccccc1. The first-order valence-corrected chi connectivity index (χ1v) is 11.2. The van der Waals surface area contributed by atoms with Gasteiger partial charge in [-0.05, 0) is 34.0 Å². The summed E-state index contributed by atoms with van der Waals surface area (Å²) in [6, 6.07) is 20.8. The fourth-order valence-electron chi connectivity index (χ4n) is 4.59. The normalized spacial score (nSPS) is 22.6. The lowest BCUT2D eigenvalue weighted by atomic mass is 10.0. The average molecular weight is 394 g/mol. The van der Waals surface area contributed by atoms with Crippen LogP contribution in [0.15, 0.2) is 71.6 Å². The first kappa shape index (κ1) is 17.8. The van der Waals surface area contributed by atoms with Crippen LogP contribution in [0.4, 0.5) is 0 Å². The van der Waals surface area contributed by atoms with Gasteiger partial charge < -0.3 is 5.32 Å². The highest BCUT2D eigenvalue weighted by Gasteiger charge is 2.40. The Kier molecular flexibility index (Phi) is 4.44. The zero-order valence-corrected chi connectivity index (χ0v) is 16.3. The van der Waals surface area contributed by atoms with Gasteiger partial charge in [-0.1, -0.05) is 54.6 Å². The lowest BCUT2D eigenvalue weighted by molar-refractivity contribution is 0.152. The summed E-state index contributed by atoms with van der Waals surface area (Å²) in [7, 11) is -3.62. The van der Waals surface area contributed by atoms with Crippen molar-refractivity contribution in [3.8, 4) is 0 Å². The number of sulfonamides is 1. The number of hydrogen-bond donors (Lipinski definition) is 2. The molecule has 3 aromatic rings. The van der Waals surface area contributed by atoms with Crippen LogP contribution in [0, 0.1) is 0 Å². The zero-order valence-electron chi connectivity index (χ0n) is 15.5. The first-order valence-electron chi connectivity index (χ1n) is 9.69. The topological polar surface area (TPSA) is 61.4 Å². The molecule has 1 heterocycles. The molecule has 1 saturated heterocycles. The van der Waals surface area contributed by atoms with Gasteiger partial charge in [-0.2, -0.15) is 0 Å². The fraction of sp³-hybridized carbons (Fsp3) is 0.273. The van der Waals surface area contributed by atoms with Crippen molar-refractivity contribution in [2.45, 2.75) is 17.0 Å². The molecule has 28 heavy (non-hydrogen) atoms. The van der Waals surface area contributed by atoms with Crippen molar-refractivity contribution in [2.75, 3.05) is 26.2 Å². The minimum absolute atomic E-state index is 0.00156. The van der Waals surface area contributed by atoms with Gasteiger partial charge in [-0.15, -0.1) is 0 Å². The summed E-state index contributed by atoms with van der Waals surface area (Å²) < 4.78 is 29.3.